The van der Waals surface area contributed by atoms with Gasteiger partial charge in [-0.3, -0.25) is 14.7 Å². The zero-order valence-corrected chi connectivity index (χ0v) is 21.4. The third-order valence-electron chi connectivity index (χ3n) is 7.16. The summed E-state index contributed by atoms with van der Waals surface area (Å²) >= 11 is 0. The van der Waals surface area contributed by atoms with E-state index in [9.17, 15) is 22.8 Å². The second kappa shape index (κ2) is 9.33. The summed E-state index contributed by atoms with van der Waals surface area (Å²) in [6.07, 6.45) is -1.11. The van der Waals surface area contributed by atoms with Crippen molar-refractivity contribution in [2.45, 2.75) is 32.9 Å². The SMILES string of the molecule is Cc1cn2nc(-c3nc4ccc(N5CCN(CC6CC6)CC5)cc4c(=O)n3OC(=O)C(F)(F)F)cc2c(C)n1. The van der Waals surface area contributed by atoms with E-state index in [0.717, 1.165) is 44.3 Å². The number of fused-ring (bicyclic) bond motifs is 2. The molecule has 0 radical (unpaired) electrons. The third-order valence-corrected chi connectivity index (χ3v) is 7.16. The minimum absolute atomic E-state index is 0.0316. The second-order valence-corrected chi connectivity index (χ2v) is 10.2. The van der Waals surface area contributed by atoms with Crippen LogP contribution >= 0.6 is 0 Å². The smallest absolute Gasteiger partial charge is 0.369 e. The number of anilines is 1. The molecule has 1 saturated heterocycles. The molecule has 4 heterocycles. The molecule has 1 aliphatic heterocycles. The average molecular weight is 542 g/mol. The van der Waals surface area contributed by atoms with Crippen molar-refractivity contribution >= 4 is 28.1 Å². The van der Waals surface area contributed by atoms with Crippen molar-refractivity contribution in [2.75, 3.05) is 37.6 Å². The summed E-state index contributed by atoms with van der Waals surface area (Å²) in [4.78, 5) is 43.3. The van der Waals surface area contributed by atoms with E-state index in [0.29, 0.717) is 16.9 Å². The topological polar surface area (TPSA) is 97.9 Å². The Kier molecular flexibility index (Phi) is 6.05. The highest BCUT2D eigenvalue weighted by Gasteiger charge is 2.43. The van der Waals surface area contributed by atoms with Crippen molar-refractivity contribution in [3.8, 4) is 11.5 Å². The number of benzene rings is 1. The van der Waals surface area contributed by atoms with Gasteiger partial charge in [-0.15, -0.1) is 4.73 Å². The van der Waals surface area contributed by atoms with Gasteiger partial charge in [0.05, 0.1) is 34.0 Å². The molecular formula is C26H26F3N7O3. The minimum Gasteiger partial charge on any atom is -0.369 e. The van der Waals surface area contributed by atoms with Gasteiger partial charge in [-0.1, -0.05) is 0 Å². The van der Waals surface area contributed by atoms with E-state index in [-0.39, 0.29) is 27.2 Å². The first-order chi connectivity index (χ1) is 18.6. The van der Waals surface area contributed by atoms with Crippen molar-refractivity contribution in [1.29, 1.82) is 0 Å². The zero-order chi connectivity index (χ0) is 27.5. The van der Waals surface area contributed by atoms with Crippen LogP contribution in [-0.4, -0.2) is 74.1 Å². The second-order valence-electron chi connectivity index (χ2n) is 10.2. The van der Waals surface area contributed by atoms with Crippen LogP contribution in [0.3, 0.4) is 0 Å². The fourth-order valence-electron chi connectivity index (χ4n) is 4.99. The predicted molar refractivity (Wildman–Crippen MR) is 136 cm³/mol. The summed E-state index contributed by atoms with van der Waals surface area (Å²) in [5, 5.41) is 4.41. The van der Waals surface area contributed by atoms with Crippen LogP contribution in [0.25, 0.3) is 27.9 Å². The predicted octanol–water partition coefficient (Wildman–Crippen LogP) is 2.77. The molecule has 4 aromatic rings. The molecule has 0 atom stereocenters. The molecule has 0 spiro atoms. The maximum Gasteiger partial charge on any atom is 0.493 e. The molecule has 204 valence electrons. The lowest BCUT2D eigenvalue weighted by molar-refractivity contribution is -0.200. The largest absolute Gasteiger partial charge is 0.493 e. The number of carbonyl (C=O) groups is 1. The quantitative estimate of drug-likeness (QED) is 0.381. The van der Waals surface area contributed by atoms with Crippen LogP contribution in [0.4, 0.5) is 18.9 Å². The van der Waals surface area contributed by atoms with Crippen LogP contribution in [0.1, 0.15) is 24.2 Å². The molecule has 10 nitrogen and oxygen atoms in total. The lowest BCUT2D eigenvalue weighted by Gasteiger charge is -2.36. The molecular weight excluding hydrogens is 515 g/mol. The van der Waals surface area contributed by atoms with E-state index in [1.54, 1.807) is 32.2 Å². The Hall–Kier alpha value is -4.00. The van der Waals surface area contributed by atoms with Gasteiger partial charge < -0.3 is 9.74 Å². The number of hydrogen-bond donors (Lipinski definition) is 0. The van der Waals surface area contributed by atoms with Crippen LogP contribution in [0.2, 0.25) is 0 Å². The standard InChI is InChI=1S/C26H26F3N7O3/c1-15-13-35-22(16(2)30-15)12-21(32-35)23-31-20-6-5-18(34-9-7-33(8-10-34)14-17-3-4-17)11-19(20)24(37)36(23)39-25(38)26(27,28)29/h5-6,11-13,17H,3-4,7-10,14H2,1-2H3. The number of halogens is 3. The average Bonchev–Trinajstić information content (AvgIpc) is 3.60. The number of nitrogens with zero attached hydrogens (tertiary/aromatic N) is 7. The summed E-state index contributed by atoms with van der Waals surface area (Å²) in [7, 11) is 0. The highest BCUT2D eigenvalue weighted by Crippen LogP contribution is 2.30. The summed E-state index contributed by atoms with van der Waals surface area (Å²) < 4.78 is 41.2. The van der Waals surface area contributed by atoms with Gasteiger partial charge in [0.15, 0.2) is 0 Å². The van der Waals surface area contributed by atoms with Crippen LogP contribution < -0.4 is 15.3 Å². The molecule has 2 aliphatic rings. The van der Waals surface area contributed by atoms with E-state index >= 15 is 0 Å². The Morgan fingerprint density at radius 2 is 1.82 bits per heavy atom. The highest BCUT2D eigenvalue weighted by atomic mass is 19.4. The number of hydrogen-bond acceptors (Lipinski definition) is 8. The van der Waals surface area contributed by atoms with E-state index in [1.807, 2.05) is 6.07 Å². The van der Waals surface area contributed by atoms with Gasteiger partial charge >= 0.3 is 12.1 Å². The minimum atomic E-state index is -5.32. The Morgan fingerprint density at radius 1 is 1.08 bits per heavy atom. The van der Waals surface area contributed by atoms with Crippen molar-refractivity contribution in [3.63, 3.8) is 0 Å². The number of alkyl halides is 3. The summed E-state index contributed by atoms with van der Waals surface area (Å²) in [6.45, 7) is 7.93. The van der Waals surface area contributed by atoms with Gasteiger partial charge in [-0.2, -0.15) is 18.3 Å². The monoisotopic (exact) mass is 541 g/mol. The van der Waals surface area contributed by atoms with Crippen molar-refractivity contribution in [1.82, 2.24) is 29.2 Å². The molecule has 0 unspecified atom stereocenters. The molecule has 2 fully saturated rings. The highest BCUT2D eigenvalue weighted by molar-refractivity contribution is 5.84. The molecule has 0 bridgehead atoms. The maximum atomic E-state index is 13.5. The number of aromatic nitrogens is 5. The molecule has 0 amide bonds. The van der Waals surface area contributed by atoms with Crippen molar-refractivity contribution in [2.24, 2.45) is 5.92 Å². The summed E-state index contributed by atoms with van der Waals surface area (Å²) in [5.41, 5.74) is 1.96. The zero-order valence-electron chi connectivity index (χ0n) is 21.4. The van der Waals surface area contributed by atoms with Gasteiger partial charge in [-0.05, 0) is 56.9 Å². The Morgan fingerprint density at radius 3 is 2.51 bits per heavy atom. The van der Waals surface area contributed by atoms with E-state index in [2.05, 4.69) is 29.7 Å². The number of piperazine rings is 1. The Labute approximate surface area is 220 Å². The first-order valence-electron chi connectivity index (χ1n) is 12.7. The van der Waals surface area contributed by atoms with Gasteiger partial charge in [-0.25, -0.2) is 14.3 Å². The fourth-order valence-corrected chi connectivity index (χ4v) is 4.99. The van der Waals surface area contributed by atoms with Gasteiger partial charge in [0.1, 0.15) is 5.69 Å². The van der Waals surface area contributed by atoms with Crippen LogP contribution in [-0.2, 0) is 4.79 Å². The molecule has 3 aromatic heterocycles. The molecule has 1 aliphatic carbocycles. The third kappa shape index (κ3) is 4.93. The lowest BCUT2D eigenvalue weighted by Crippen LogP contribution is -2.47. The van der Waals surface area contributed by atoms with Crippen LogP contribution in [0, 0.1) is 19.8 Å². The molecule has 39 heavy (non-hydrogen) atoms. The number of rotatable bonds is 5. The van der Waals surface area contributed by atoms with Crippen LogP contribution in [0.15, 0.2) is 35.3 Å². The fraction of sp³-hybridized carbons (Fsp3) is 0.423. The number of aryl methyl sites for hydroxylation is 2. The molecule has 1 aromatic carbocycles. The van der Waals surface area contributed by atoms with Crippen molar-refractivity contribution in [3.05, 3.63) is 52.2 Å². The van der Waals surface area contributed by atoms with E-state index in [4.69, 9.17) is 0 Å². The van der Waals surface area contributed by atoms with Gasteiger partial charge in [0.2, 0.25) is 5.82 Å². The molecule has 1 saturated carbocycles. The first-order valence-corrected chi connectivity index (χ1v) is 12.7. The molecule has 0 N–H and O–H groups in total. The molecule has 13 heteroatoms. The van der Waals surface area contributed by atoms with Crippen LogP contribution in [0.5, 0.6) is 0 Å². The Bertz CT molecular complexity index is 1650. The lowest BCUT2D eigenvalue weighted by atomic mass is 10.1. The van der Waals surface area contributed by atoms with Gasteiger partial charge in [0, 0.05) is 38.4 Å². The maximum absolute atomic E-state index is 13.5. The van der Waals surface area contributed by atoms with E-state index < -0.39 is 17.7 Å². The first kappa shape index (κ1) is 25.3. The van der Waals surface area contributed by atoms with E-state index in [1.165, 1.54) is 23.4 Å². The summed E-state index contributed by atoms with van der Waals surface area (Å²) in [6, 6.07) is 6.60. The molecule has 6 rings (SSSR count). The van der Waals surface area contributed by atoms with Crippen molar-refractivity contribution < 1.29 is 22.8 Å². The normalized spacial score (nSPS) is 16.8. The summed E-state index contributed by atoms with van der Waals surface area (Å²) in [5.74, 6) is -2.06. The number of carbonyl (C=O) groups excluding carboxylic acids is 1. The van der Waals surface area contributed by atoms with Gasteiger partial charge in [0.25, 0.3) is 5.56 Å². The Balaban J connectivity index is 1.41.